The van der Waals surface area contributed by atoms with Crippen molar-refractivity contribution in [3.63, 3.8) is 0 Å². The SMILES string of the molecule is COCCN1C=CC(n2cc(C#Cc3cccc(Cl)c3)nc2C)=CC1. The molecule has 5 heteroatoms. The van der Waals surface area contributed by atoms with Crippen LogP contribution < -0.4 is 0 Å². The summed E-state index contributed by atoms with van der Waals surface area (Å²) < 4.78 is 7.18. The maximum absolute atomic E-state index is 5.99. The number of hydrogen-bond acceptors (Lipinski definition) is 3. The fraction of sp³-hybridized carbons (Fsp3) is 0.250. The van der Waals surface area contributed by atoms with Crippen LogP contribution in [-0.4, -0.2) is 41.3 Å². The van der Waals surface area contributed by atoms with Crippen LogP contribution in [0.2, 0.25) is 5.02 Å². The number of hydrogen-bond donors (Lipinski definition) is 0. The molecule has 1 aliphatic heterocycles. The maximum Gasteiger partial charge on any atom is 0.132 e. The smallest absolute Gasteiger partial charge is 0.132 e. The first kappa shape index (κ1) is 17.3. The minimum Gasteiger partial charge on any atom is -0.383 e. The summed E-state index contributed by atoms with van der Waals surface area (Å²) in [5.41, 5.74) is 2.73. The predicted molar refractivity (Wildman–Crippen MR) is 101 cm³/mol. The summed E-state index contributed by atoms with van der Waals surface area (Å²) in [6.07, 6.45) is 8.32. The van der Waals surface area contributed by atoms with Crippen LogP contribution in [0.5, 0.6) is 0 Å². The molecule has 0 radical (unpaired) electrons. The number of benzene rings is 1. The zero-order valence-corrected chi connectivity index (χ0v) is 15.1. The van der Waals surface area contributed by atoms with Crippen molar-refractivity contribution in [2.24, 2.45) is 0 Å². The quantitative estimate of drug-likeness (QED) is 0.787. The van der Waals surface area contributed by atoms with Gasteiger partial charge in [0.2, 0.25) is 0 Å². The summed E-state index contributed by atoms with van der Waals surface area (Å²) in [4.78, 5) is 6.75. The zero-order chi connectivity index (χ0) is 17.6. The van der Waals surface area contributed by atoms with E-state index in [-0.39, 0.29) is 0 Å². The van der Waals surface area contributed by atoms with E-state index in [4.69, 9.17) is 16.3 Å². The average Bonchev–Trinajstić information content (AvgIpc) is 2.99. The number of nitrogens with zero attached hydrogens (tertiary/aromatic N) is 3. The summed E-state index contributed by atoms with van der Waals surface area (Å²) in [5.74, 6) is 7.13. The Morgan fingerprint density at radius 1 is 1.32 bits per heavy atom. The monoisotopic (exact) mass is 353 g/mol. The Bertz CT molecular complexity index is 871. The van der Waals surface area contributed by atoms with Crippen molar-refractivity contribution in [3.05, 3.63) is 70.9 Å². The number of rotatable bonds is 4. The van der Waals surface area contributed by atoms with Crippen LogP contribution in [0.1, 0.15) is 17.1 Å². The second kappa shape index (κ2) is 8.06. The molecule has 0 atom stereocenters. The number of allylic oxidation sites excluding steroid dienone is 2. The van der Waals surface area contributed by atoms with E-state index in [1.807, 2.05) is 37.4 Å². The van der Waals surface area contributed by atoms with Crippen LogP contribution in [-0.2, 0) is 4.74 Å². The van der Waals surface area contributed by atoms with E-state index in [2.05, 4.69) is 44.6 Å². The summed E-state index contributed by atoms with van der Waals surface area (Å²) in [6, 6.07) is 7.51. The third-order valence-electron chi connectivity index (χ3n) is 3.89. The molecule has 0 bridgehead atoms. The van der Waals surface area contributed by atoms with Crippen molar-refractivity contribution < 1.29 is 4.74 Å². The molecular weight excluding hydrogens is 334 g/mol. The van der Waals surface area contributed by atoms with Crippen LogP contribution in [0.3, 0.4) is 0 Å². The number of methoxy groups -OCH3 is 1. The van der Waals surface area contributed by atoms with Crippen LogP contribution in [0.15, 0.2) is 48.8 Å². The first-order chi connectivity index (χ1) is 12.2. The Balaban J connectivity index is 1.74. The average molecular weight is 354 g/mol. The second-order valence-electron chi connectivity index (χ2n) is 5.74. The van der Waals surface area contributed by atoms with Gasteiger partial charge < -0.3 is 14.2 Å². The lowest BCUT2D eigenvalue weighted by Crippen LogP contribution is -2.24. The largest absolute Gasteiger partial charge is 0.383 e. The van der Waals surface area contributed by atoms with E-state index in [0.717, 1.165) is 42.5 Å². The normalized spacial score (nSPS) is 13.4. The first-order valence-electron chi connectivity index (χ1n) is 8.11. The molecule has 0 saturated heterocycles. The molecule has 2 heterocycles. The summed E-state index contributed by atoms with van der Waals surface area (Å²) >= 11 is 5.99. The highest BCUT2D eigenvalue weighted by Gasteiger charge is 2.09. The van der Waals surface area contributed by atoms with Gasteiger partial charge in [0.05, 0.1) is 6.61 Å². The summed E-state index contributed by atoms with van der Waals surface area (Å²) in [5, 5.41) is 0.684. The maximum atomic E-state index is 5.99. The van der Waals surface area contributed by atoms with Crippen molar-refractivity contribution >= 4 is 17.3 Å². The molecule has 0 fully saturated rings. The molecule has 0 saturated carbocycles. The molecule has 3 rings (SSSR count). The Kier molecular flexibility index (Phi) is 5.60. The van der Waals surface area contributed by atoms with Crippen molar-refractivity contribution in [3.8, 4) is 11.8 Å². The van der Waals surface area contributed by atoms with Gasteiger partial charge in [0, 0.05) is 48.9 Å². The van der Waals surface area contributed by atoms with Gasteiger partial charge in [-0.1, -0.05) is 23.6 Å². The highest BCUT2D eigenvalue weighted by Crippen LogP contribution is 2.16. The molecule has 25 heavy (non-hydrogen) atoms. The minimum absolute atomic E-state index is 0.684. The molecule has 2 aromatic rings. The van der Waals surface area contributed by atoms with Gasteiger partial charge in [-0.25, -0.2) is 4.98 Å². The zero-order valence-electron chi connectivity index (χ0n) is 14.4. The van der Waals surface area contributed by atoms with Crippen LogP contribution >= 0.6 is 11.6 Å². The minimum atomic E-state index is 0.684. The number of halogens is 1. The Morgan fingerprint density at radius 3 is 2.92 bits per heavy atom. The van der Waals surface area contributed by atoms with E-state index < -0.39 is 0 Å². The van der Waals surface area contributed by atoms with Gasteiger partial charge in [0.1, 0.15) is 11.5 Å². The van der Waals surface area contributed by atoms with Crippen LogP contribution in [0.25, 0.3) is 5.70 Å². The standard InChI is InChI=1S/C20H20ClN3O/c1-16-22-19(7-6-17-4-3-5-18(21)14-17)15-24(16)20-8-10-23(11-9-20)12-13-25-2/h3-5,8-10,14-15H,11-13H2,1-2H3. The Labute approximate surface area is 153 Å². The van der Waals surface area contributed by atoms with Crippen molar-refractivity contribution in [2.45, 2.75) is 6.92 Å². The summed E-state index contributed by atoms with van der Waals surface area (Å²) in [7, 11) is 1.72. The van der Waals surface area contributed by atoms with Gasteiger partial charge in [-0.05, 0) is 43.2 Å². The fourth-order valence-corrected chi connectivity index (χ4v) is 2.76. The Morgan fingerprint density at radius 2 is 2.20 bits per heavy atom. The molecule has 0 spiro atoms. The van der Waals surface area contributed by atoms with Gasteiger partial charge in [-0.15, -0.1) is 0 Å². The van der Waals surface area contributed by atoms with Crippen molar-refractivity contribution in [2.75, 3.05) is 26.8 Å². The van der Waals surface area contributed by atoms with E-state index >= 15 is 0 Å². The van der Waals surface area contributed by atoms with Crippen molar-refractivity contribution in [1.29, 1.82) is 0 Å². The molecule has 128 valence electrons. The number of aromatic nitrogens is 2. The van der Waals surface area contributed by atoms with Gasteiger partial charge in [0.25, 0.3) is 0 Å². The number of ether oxygens (including phenoxy) is 1. The van der Waals surface area contributed by atoms with Gasteiger partial charge in [-0.3, -0.25) is 0 Å². The fourth-order valence-electron chi connectivity index (χ4n) is 2.57. The van der Waals surface area contributed by atoms with Gasteiger partial charge >= 0.3 is 0 Å². The molecular formula is C20H20ClN3O. The van der Waals surface area contributed by atoms with Crippen LogP contribution in [0, 0.1) is 18.8 Å². The van der Waals surface area contributed by atoms with E-state index in [0.29, 0.717) is 5.02 Å². The lowest BCUT2D eigenvalue weighted by Gasteiger charge is -2.22. The Hall–Kier alpha value is -2.48. The topological polar surface area (TPSA) is 30.3 Å². The number of aryl methyl sites for hydroxylation is 1. The molecule has 0 aliphatic carbocycles. The lowest BCUT2D eigenvalue weighted by molar-refractivity contribution is 0.173. The van der Waals surface area contributed by atoms with E-state index in [9.17, 15) is 0 Å². The van der Waals surface area contributed by atoms with Gasteiger partial charge in [0.15, 0.2) is 0 Å². The molecule has 1 aliphatic rings. The highest BCUT2D eigenvalue weighted by atomic mass is 35.5. The van der Waals surface area contributed by atoms with Crippen molar-refractivity contribution in [1.82, 2.24) is 14.5 Å². The predicted octanol–water partition coefficient (Wildman–Crippen LogP) is 3.56. The van der Waals surface area contributed by atoms with E-state index in [1.165, 1.54) is 0 Å². The summed E-state index contributed by atoms with van der Waals surface area (Å²) in [6.45, 7) is 4.45. The molecule has 0 unspecified atom stereocenters. The second-order valence-corrected chi connectivity index (χ2v) is 6.17. The third kappa shape index (κ3) is 4.54. The van der Waals surface area contributed by atoms with Crippen LogP contribution in [0.4, 0.5) is 0 Å². The molecule has 4 nitrogen and oxygen atoms in total. The molecule has 0 amide bonds. The highest BCUT2D eigenvalue weighted by molar-refractivity contribution is 6.30. The first-order valence-corrected chi connectivity index (χ1v) is 8.49. The van der Waals surface area contributed by atoms with Gasteiger partial charge in [-0.2, -0.15) is 0 Å². The molecule has 0 N–H and O–H groups in total. The van der Waals surface area contributed by atoms with E-state index in [1.54, 1.807) is 7.11 Å². The molecule has 1 aromatic heterocycles. The lowest BCUT2D eigenvalue weighted by atomic mass is 10.2. The third-order valence-corrected chi connectivity index (χ3v) is 4.13. The number of imidazole rings is 1. The molecule has 1 aromatic carbocycles.